The summed E-state index contributed by atoms with van der Waals surface area (Å²) in [6.45, 7) is 4.77. The maximum atomic E-state index is 5.55. The molecule has 0 spiro atoms. The lowest BCUT2D eigenvalue weighted by Gasteiger charge is -2.34. The second kappa shape index (κ2) is 14.7. The van der Waals surface area contributed by atoms with Crippen molar-refractivity contribution in [1.82, 2.24) is 9.97 Å². The summed E-state index contributed by atoms with van der Waals surface area (Å²) in [4.78, 5) is 11.0. The molecular weight excluding hydrogens is 797 g/mol. The topological polar surface area (TPSA) is 25.8 Å². The van der Waals surface area contributed by atoms with Crippen molar-refractivity contribution >= 4 is 21.5 Å². The van der Waals surface area contributed by atoms with Crippen LogP contribution >= 0.6 is 0 Å². The molecule has 11 aromatic rings. The molecule has 0 atom stereocenters. The fraction of sp³-hybridized carbons (Fsp3) is 0.0625. The number of rotatable bonds is 6. The second-order valence-electron chi connectivity index (χ2n) is 18.4. The second-order valence-corrected chi connectivity index (χ2v) is 18.4. The lowest BCUT2D eigenvalue weighted by molar-refractivity contribution is 0.662. The van der Waals surface area contributed by atoms with Gasteiger partial charge in [0.15, 0.2) is 5.82 Å². The Bertz CT molecular complexity index is 3680. The third-order valence-electron chi connectivity index (χ3n) is 14.6. The van der Waals surface area contributed by atoms with E-state index in [9.17, 15) is 0 Å². The fourth-order valence-electron chi connectivity index (χ4n) is 11.7. The Kier molecular flexibility index (Phi) is 8.51. The van der Waals surface area contributed by atoms with Crippen LogP contribution in [0.3, 0.4) is 0 Å². The monoisotopic (exact) mass is 840 g/mol. The third kappa shape index (κ3) is 5.55. The summed E-state index contributed by atoms with van der Waals surface area (Å²) in [6, 6.07) is 84.2. The van der Waals surface area contributed by atoms with Crippen LogP contribution in [-0.4, -0.2) is 9.97 Å². The molecule has 0 aliphatic heterocycles. The molecule has 1 aromatic heterocycles. The molecule has 0 saturated carbocycles. The van der Waals surface area contributed by atoms with E-state index >= 15 is 0 Å². The normalized spacial score (nSPS) is 13.8. The first-order valence-corrected chi connectivity index (χ1v) is 23.0. The predicted octanol–water partition coefficient (Wildman–Crippen LogP) is 16.1. The van der Waals surface area contributed by atoms with Crippen LogP contribution in [0.4, 0.5) is 0 Å². The highest BCUT2D eigenvalue weighted by molar-refractivity contribution is 6.08. The zero-order valence-electron chi connectivity index (χ0n) is 36.8. The summed E-state index contributed by atoms with van der Waals surface area (Å²) < 4.78 is 0. The van der Waals surface area contributed by atoms with Crippen LogP contribution in [0, 0.1) is 0 Å². The van der Waals surface area contributed by atoms with Crippen molar-refractivity contribution in [3.63, 3.8) is 0 Å². The van der Waals surface area contributed by atoms with Crippen LogP contribution in [-0.2, 0) is 10.8 Å². The number of benzene rings is 10. The molecule has 0 bridgehead atoms. The molecule has 1 heterocycles. The van der Waals surface area contributed by atoms with Crippen LogP contribution in [0.25, 0.3) is 88.8 Å². The molecule has 66 heavy (non-hydrogen) atoms. The van der Waals surface area contributed by atoms with E-state index in [0.717, 1.165) is 33.5 Å². The van der Waals surface area contributed by atoms with Gasteiger partial charge in [-0.25, -0.2) is 9.97 Å². The maximum Gasteiger partial charge on any atom is 0.161 e. The molecule has 0 unspecified atom stereocenters. The van der Waals surface area contributed by atoms with Crippen LogP contribution in [0.15, 0.2) is 231 Å². The summed E-state index contributed by atoms with van der Waals surface area (Å²) >= 11 is 0. The van der Waals surface area contributed by atoms with Crippen LogP contribution in [0.2, 0.25) is 0 Å². The zero-order chi connectivity index (χ0) is 44.0. The molecule has 0 saturated heterocycles. The Morgan fingerprint density at radius 3 is 1.62 bits per heavy atom. The Morgan fingerprint density at radius 1 is 0.333 bits per heavy atom. The van der Waals surface area contributed by atoms with Gasteiger partial charge in [-0.2, -0.15) is 0 Å². The van der Waals surface area contributed by atoms with Crippen molar-refractivity contribution < 1.29 is 0 Å². The first-order valence-electron chi connectivity index (χ1n) is 23.0. The first kappa shape index (κ1) is 38.3. The van der Waals surface area contributed by atoms with Crippen molar-refractivity contribution in [2.24, 2.45) is 0 Å². The van der Waals surface area contributed by atoms with Gasteiger partial charge in [-0.3, -0.25) is 0 Å². The zero-order valence-corrected chi connectivity index (χ0v) is 36.8. The van der Waals surface area contributed by atoms with E-state index in [1.807, 2.05) is 0 Å². The van der Waals surface area contributed by atoms with E-state index < -0.39 is 5.41 Å². The fourth-order valence-corrected chi connectivity index (χ4v) is 11.7. The number of nitrogens with zero attached hydrogens (tertiary/aromatic N) is 2. The average Bonchev–Trinajstić information content (AvgIpc) is 3.82. The van der Waals surface area contributed by atoms with Gasteiger partial charge in [-0.15, -0.1) is 0 Å². The van der Waals surface area contributed by atoms with E-state index in [4.69, 9.17) is 9.97 Å². The highest BCUT2D eigenvalue weighted by atomic mass is 14.9. The molecule has 13 rings (SSSR count). The molecule has 2 aliphatic rings. The van der Waals surface area contributed by atoms with Gasteiger partial charge in [-0.05, 0) is 107 Å². The maximum absolute atomic E-state index is 5.55. The SMILES string of the molecule is CC1(C)c2ccc3ccccc3c2-c2cccc(-c3ccc(-c4nc(-c5ccccc5)cc(-c5ccc6c(c5)C(c5ccccc5)(c5ccccc5)c5ccccc5-6)n4)c4ccccc34)c21. The van der Waals surface area contributed by atoms with E-state index in [0.29, 0.717) is 5.82 Å². The van der Waals surface area contributed by atoms with Crippen LogP contribution < -0.4 is 0 Å². The smallest absolute Gasteiger partial charge is 0.161 e. The quantitative estimate of drug-likeness (QED) is 0.167. The van der Waals surface area contributed by atoms with Crippen LogP contribution in [0.5, 0.6) is 0 Å². The summed E-state index contributed by atoms with van der Waals surface area (Å²) in [5.74, 6) is 0.702. The van der Waals surface area contributed by atoms with Gasteiger partial charge in [0, 0.05) is 22.1 Å². The van der Waals surface area contributed by atoms with Gasteiger partial charge in [0.05, 0.1) is 16.8 Å². The Labute approximate surface area is 385 Å². The van der Waals surface area contributed by atoms with E-state index in [2.05, 4.69) is 244 Å². The van der Waals surface area contributed by atoms with E-state index in [1.54, 1.807) is 0 Å². The minimum absolute atomic E-state index is 0.192. The summed E-state index contributed by atoms with van der Waals surface area (Å²) in [5.41, 5.74) is 19.6. The predicted molar refractivity (Wildman–Crippen MR) is 274 cm³/mol. The molecule has 0 amide bonds. The van der Waals surface area contributed by atoms with Crippen molar-refractivity contribution in [1.29, 1.82) is 0 Å². The number of aromatic nitrogens is 2. The average molecular weight is 841 g/mol. The Hall–Kier alpha value is -8.20. The van der Waals surface area contributed by atoms with Crippen molar-refractivity contribution in [2.75, 3.05) is 0 Å². The van der Waals surface area contributed by atoms with Gasteiger partial charge < -0.3 is 0 Å². The van der Waals surface area contributed by atoms with Crippen molar-refractivity contribution in [3.8, 4) is 67.3 Å². The van der Waals surface area contributed by atoms with E-state index in [1.165, 1.54) is 82.9 Å². The third-order valence-corrected chi connectivity index (χ3v) is 14.6. The van der Waals surface area contributed by atoms with Gasteiger partial charge >= 0.3 is 0 Å². The lowest BCUT2D eigenvalue weighted by atomic mass is 9.67. The first-order chi connectivity index (χ1) is 32.5. The summed E-state index contributed by atoms with van der Waals surface area (Å²) in [6.07, 6.45) is 0. The van der Waals surface area contributed by atoms with Gasteiger partial charge in [0.1, 0.15) is 0 Å². The lowest BCUT2D eigenvalue weighted by Crippen LogP contribution is -2.28. The Balaban J connectivity index is 1.01. The molecule has 0 radical (unpaired) electrons. The van der Waals surface area contributed by atoms with Gasteiger partial charge in [0.2, 0.25) is 0 Å². The molecule has 310 valence electrons. The summed E-state index contributed by atoms with van der Waals surface area (Å²) in [7, 11) is 0. The molecule has 2 heteroatoms. The summed E-state index contributed by atoms with van der Waals surface area (Å²) in [5, 5.41) is 4.89. The number of hydrogen-bond acceptors (Lipinski definition) is 2. The van der Waals surface area contributed by atoms with E-state index in [-0.39, 0.29) is 5.41 Å². The Morgan fingerprint density at radius 2 is 0.879 bits per heavy atom. The van der Waals surface area contributed by atoms with Crippen molar-refractivity contribution in [2.45, 2.75) is 24.7 Å². The number of hydrogen-bond donors (Lipinski definition) is 0. The minimum Gasteiger partial charge on any atom is -0.228 e. The molecule has 0 fully saturated rings. The highest BCUT2D eigenvalue weighted by Crippen LogP contribution is 2.58. The van der Waals surface area contributed by atoms with Crippen molar-refractivity contribution in [3.05, 3.63) is 264 Å². The molecular formula is C64H44N2. The molecule has 10 aromatic carbocycles. The minimum atomic E-state index is -0.519. The molecule has 2 aliphatic carbocycles. The largest absolute Gasteiger partial charge is 0.228 e. The highest BCUT2D eigenvalue weighted by Gasteiger charge is 2.46. The van der Waals surface area contributed by atoms with Gasteiger partial charge in [-0.1, -0.05) is 226 Å². The van der Waals surface area contributed by atoms with Crippen LogP contribution in [0.1, 0.15) is 47.2 Å². The standard InChI is InChI=1S/C64H44N2/c1-63(2)56-38-34-41-19-12-13-26-46(41)60(56)54-31-18-30-52(61(54)63)49-36-37-53(48-28-15-14-27-47(48)49)62-65-58(42-20-6-3-7-21-42)40-59(66-62)43-33-35-51-50-29-16-17-32-55(50)64(57(51)39-43,44-22-8-4-9-23-44)45-24-10-5-11-25-45/h3-40H,1-2H3. The molecule has 0 N–H and O–H groups in total. The number of fused-ring (bicyclic) bond motifs is 9. The van der Waals surface area contributed by atoms with Gasteiger partial charge in [0.25, 0.3) is 0 Å². The molecule has 2 nitrogen and oxygen atoms in total.